The van der Waals surface area contributed by atoms with E-state index in [1.165, 1.54) is 12.1 Å². The zero-order valence-corrected chi connectivity index (χ0v) is 14.4. The van der Waals surface area contributed by atoms with E-state index in [-0.39, 0.29) is 11.7 Å². The Labute approximate surface area is 155 Å². The zero-order valence-electron chi connectivity index (χ0n) is 14.4. The average Bonchev–Trinajstić information content (AvgIpc) is 2.72. The van der Waals surface area contributed by atoms with E-state index in [1.54, 1.807) is 30.6 Å². The summed E-state index contributed by atoms with van der Waals surface area (Å²) in [4.78, 5) is 21.5. The minimum absolute atomic E-state index is 0.186. The van der Waals surface area contributed by atoms with Crippen LogP contribution < -0.4 is 5.32 Å². The van der Waals surface area contributed by atoms with Crippen molar-refractivity contribution in [1.82, 2.24) is 15.3 Å². The standard InChI is InChI=1S/C22H16FN3O/c23-17-7-5-16(6-8-17)21-13-19(18-3-1-2-4-20(18)26-21)22(27)25-14-15-9-11-24-12-10-15/h1-13H,14H2,(H,25,27). The maximum Gasteiger partial charge on any atom is 0.252 e. The van der Waals surface area contributed by atoms with Crippen molar-refractivity contribution in [2.24, 2.45) is 0 Å². The number of rotatable bonds is 4. The Morgan fingerprint density at radius 2 is 1.70 bits per heavy atom. The van der Waals surface area contributed by atoms with E-state index < -0.39 is 0 Å². The summed E-state index contributed by atoms with van der Waals surface area (Å²) in [5.74, 6) is -0.497. The number of fused-ring (bicyclic) bond motifs is 1. The fourth-order valence-corrected chi connectivity index (χ4v) is 2.91. The van der Waals surface area contributed by atoms with E-state index in [9.17, 15) is 9.18 Å². The van der Waals surface area contributed by atoms with Gasteiger partial charge in [0.15, 0.2) is 0 Å². The average molecular weight is 357 g/mol. The van der Waals surface area contributed by atoms with Crippen LogP contribution in [0.1, 0.15) is 15.9 Å². The molecule has 27 heavy (non-hydrogen) atoms. The van der Waals surface area contributed by atoms with Gasteiger partial charge in [0.2, 0.25) is 0 Å². The molecule has 0 saturated heterocycles. The third kappa shape index (κ3) is 3.67. The Hall–Kier alpha value is -3.60. The van der Waals surface area contributed by atoms with Crippen molar-refractivity contribution in [1.29, 1.82) is 0 Å². The van der Waals surface area contributed by atoms with Crippen LogP contribution >= 0.6 is 0 Å². The van der Waals surface area contributed by atoms with E-state index in [4.69, 9.17) is 0 Å². The molecule has 0 spiro atoms. The molecule has 1 amide bonds. The summed E-state index contributed by atoms with van der Waals surface area (Å²) < 4.78 is 13.2. The highest BCUT2D eigenvalue weighted by Gasteiger charge is 2.14. The molecule has 2 heterocycles. The van der Waals surface area contributed by atoms with Gasteiger partial charge in [-0.05, 0) is 54.1 Å². The molecule has 4 aromatic rings. The fraction of sp³-hybridized carbons (Fsp3) is 0.0455. The molecular formula is C22H16FN3O. The van der Waals surface area contributed by atoms with Crippen molar-refractivity contribution in [3.8, 4) is 11.3 Å². The Bertz CT molecular complexity index is 1100. The van der Waals surface area contributed by atoms with Crippen molar-refractivity contribution in [2.45, 2.75) is 6.54 Å². The van der Waals surface area contributed by atoms with E-state index in [2.05, 4.69) is 15.3 Å². The number of nitrogens with one attached hydrogen (secondary N) is 1. The second kappa shape index (κ2) is 7.33. The lowest BCUT2D eigenvalue weighted by molar-refractivity contribution is 0.0952. The van der Waals surface area contributed by atoms with Crippen LogP contribution in [-0.4, -0.2) is 15.9 Å². The lowest BCUT2D eigenvalue weighted by atomic mass is 10.0. The number of nitrogens with zero attached hydrogens (tertiary/aromatic N) is 2. The first-order valence-electron chi connectivity index (χ1n) is 8.53. The predicted octanol–water partition coefficient (Wildman–Crippen LogP) is 4.37. The molecule has 4 nitrogen and oxygen atoms in total. The van der Waals surface area contributed by atoms with Crippen LogP contribution in [0.4, 0.5) is 4.39 Å². The maximum absolute atomic E-state index is 13.2. The Balaban J connectivity index is 1.72. The predicted molar refractivity (Wildman–Crippen MR) is 103 cm³/mol. The summed E-state index contributed by atoms with van der Waals surface area (Å²) in [5.41, 5.74) is 3.60. The minimum atomic E-state index is -0.310. The van der Waals surface area contributed by atoms with Gasteiger partial charge in [-0.15, -0.1) is 0 Å². The van der Waals surface area contributed by atoms with Gasteiger partial charge in [-0.3, -0.25) is 9.78 Å². The number of carbonyl (C=O) groups excluding carboxylic acids is 1. The molecule has 2 aromatic carbocycles. The molecule has 0 radical (unpaired) electrons. The molecule has 0 bridgehead atoms. The van der Waals surface area contributed by atoms with Gasteiger partial charge >= 0.3 is 0 Å². The van der Waals surface area contributed by atoms with Crippen LogP contribution in [0.15, 0.2) is 79.1 Å². The third-order valence-corrected chi connectivity index (χ3v) is 4.30. The number of hydrogen-bond acceptors (Lipinski definition) is 3. The molecule has 0 atom stereocenters. The van der Waals surface area contributed by atoms with Crippen LogP contribution in [-0.2, 0) is 6.54 Å². The van der Waals surface area contributed by atoms with Crippen LogP contribution in [0.3, 0.4) is 0 Å². The van der Waals surface area contributed by atoms with E-state index in [0.717, 1.165) is 16.5 Å². The summed E-state index contributed by atoms with van der Waals surface area (Å²) >= 11 is 0. The lowest BCUT2D eigenvalue weighted by Gasteiger charge is -2.11. The van der Waals surface area contributed by atoms with E-state index >= 15 is 0 Å². The number of hydrogen-bond donors (Lipinski definition) is 1. The topological polar surface area (TPSA) is 54.9 Å². The first-order valence-corrected chi connectivity index (χ1v) is 8.53. The SMILES string of the molecule is O=C(NCc1ccncc1)c1cc(-c2ccc(F)cc2)nc2ccccc12. The smallest absolute Gasteiger partial charge is 0.252 e. The number of carbonyl (C=O) groups is 1. The van der Waals surface area contributed by atoms with Gasteiger partial charge in [0.1, 0.15) is 5.82 Å². The number of benzene rings is 2. The summed E-state index contributed by atoms with van der Waals surface area (Å²) in [6, 6.07) is 19.0. The van der Waals surface area contributed by atoms with Gasteiger partial charge in [-0.25, -0.2) is 9.37 Å². The second-order valence-corrected chi connectivity index (χ2v) is 6.12. The molecule has 0 aliphatic heterocycles. The van der Waals surface area contributed by atoms with Gasteiger partial charge in [0.05, 0.1) is 16.8 Å². The number of halogens is 1. The third-order valence-electron chi connectivity index (χ3n) is 4.30. The van der Waals surface area contributed by atoms with Gasteiger partial charge in [-0.1, -0.05) is 18.2 Å². The highest BCUT2D eigenvalue weighted by Crippen LogP contribution is 2.25. The van der Waals surface area contributed by atoms with Gasteiger partial charge in [0, 0.05) is 29.9 Å². The van der Waals surface area contributed by atoms with Crippen LogP contribution in [0, 0.1) is 5.82 Å². The molecule has 0 saturated carbocycles. The summed E-state index contributed by atoms with van der Waals surface area (Å²) in [6.45, 7) is 0.407. The van der Waals surface area contributed by atoms with Crippen LogP contribution in [0.5, 0.6) is 0 Å². The van der Waals surface area contributed by atoms with Crippen molar-refractivity contribution < 1.29 is 9.18 Å². The number of pyridine rings is 2. The molecule has 4 rings (SSSR count). The fourth-order valence-electron chi connectivity index (χ4n) is 2.91. The molecule has 0 aliphatic carbocycles. The number of aromatic nitrogens is 2. The van der Waals surface area contributed by atoms with Gasteiger partial charge in [0.25, 0.3) is 5.91 Å². The van der Waals surface area contributed by atoms with E-state index in [1.807, 2.05) is 36.4 Å². The summed E-state index contributed by atoms with van der Waals surface area (Å²) in [7, 11) is 0. The maximum atomic E-state index is 13.2. The molecule has 2 aromatic heterocycles. The second-order valence-electron chi connectivity index (χ2n) is 6.12. The Morgan fingerprint density at radius 1 is 0.963 bits per heavy atom. The monoisotopic (exact) mass is 357 g/mol. The largest absolute Gasteiger partial charge is 0.348 e. The van der Waals surface area contributed by atoms with Crippen molar-refractivity contribution >= 4 is 16.8 Å². The highest BCUT2D eigenvalue weighted by molar-refractivity contribution is 6.07. The molecule has 5 heteroatoms. The normalized spacial score (nSPS) is 10.7. The highest BCUT2D eigenvalue weighted by atomic mass is 19.1. The number of amides is 1. The molecule has 132 valence electrons. The molecule has 0 unspecified atom stereocenters. The minimum Gasteiger partial charge on any atom is -0.348 e. The zero-order chi connectivity index (χ0) is 18.6. The van der Waals surface area contributed by atoms with Crippen molar-refractivity contribution in [3.05, 3.63) is 96.1 Å². The lowest BCUT2D eigenvalue weighted by Crippen LogP contribution is -2.23. The van der Waals surface area contributed by atoms with Gasteiger partial charge in [-0.2, -0.15) is 0 Å². The van der Waals surface area contributed by atoms with E-state index in [0.29, 0.717) is 23.3 Å². The van der Waals surface area contributed by atoms with Crippen LogP contribution in [0.25, 0.3) is 22.2 Å². The summed E-state index contributed by atoms with van der Waals surface area (Å²) in [6.07, 6.45) is 3.38. The van der Waals surface area contributed by atoms with Crippen molar-refractivity contribution in [2.75, 3.05) is 0 Å². The van der Waals surface area contributed by atoms with Gasteiger partial charge < -0.3 is 5.32 Å². The quantitative estimate of drug-likeness (QED) is 0.590. The summed E-state index contributed by atoms with van der Waals surface area (Å²) in [5, 5.41) is 3.71. The first-order chi connectivity index (χ1) is 13.2. The first kappa shape index (κ1) is 16.8. The Kier molecular flexibility index (Phi) is 4.58. The molecular weight excluding hydrogens is 341 g/mol. The van der Waals surface area contributed by atoms with Crippen LogP contribution in [0.2, 0.25) is 0 Å². The number of para-hydroxylation sites is 1. The molecule has 1 N–H and O–H groups in total. The molecule has 0 aliphatic rings. The molecule has 0 fully saturated rings. The van der Waals surface area contributed by atoms with Crippen molar-refractivity contribution in [3.63, 3.8) is 0 Å². The Morgan fingerprint density at radius 3 is 2.48 bits per heavy atom.